The Morgan fingerprint density at radius 2 is 2.13 bits per heavy atom. The summed E-state index contributed by atoms with van der Waals surface area (Å²) >= 11 is 0. The van der Waals surface area contributed by atoms with E-state index in [9.17, 15) is 0 Å². The van der Waals surface area contributed by atoms with Crippen LogP contribution in [0.4, 0.5) is 0 Å². The van der Waals surface area contributed by atoms with Gasteiger partial charge in [-0.1, -0.05) is 13.8 Å². The van der Waals surface area contributed by atoms with Gasteiger partial charge in [-0.15, -0.1) is 0 Å². The lowest BCUT2D eigenvalue weighted by Crippen LogP contribution is -2.45. The number of likely N-dealkylation sites (tertiary alicyclic amines) is 1. The van der Waals surface area contributed by atoms with Gasteiger partial charge in [0.2, 0.25) is 0 Å². The zero-order chi connectivity index (χ0) is 10.7. The van der Waals surface area contributed by atoms with Gasteiger partial charge in [0, 0.05) is 19.1 Å². The fourth-order valence-electron chi connectivity index (χ4n) is 3.25. The van der Waals surface area contributed by atoms with E-state index in [0.717, 1.165) is 6.04 Å². The molecule has 1 unspecified atom stereocenters. The maximum absolute atomic E-state index is 3.53. The van der Waals surface area contributed by atoms with E-state index in [-0.39, 0.29) is 0 Å². The molecule has 0 saturated carbocycles. The highest BCUT2D eigenvalue weighted by molar-refractivity contribution is 4.92. The number of nitrogens with one attached hydrogen (secondary N) is 1. The molecule has 2 fully saturated rings. The molecule has 2 aliphatic rings. The topological polar surface area (TPSA) is 15.3 Å². The molecular formula is C13H26N2. The largest absolute Gasteiger partial charge is 0.315 e. The summed E-state index contributed by atoms with van der Waals surface area (Å²) in [7, 11) is 0. The van der Waals surface area contributed by atoms with E-state index in [1.54, 1.807) is 0 Å². The molecule has 0 aromatic heterocycles. The van der Waals surface area contributed by atoms with Crippen molar-refractivity contribution in [3.05, 3.63) is 0 Å². The highest BCUT2D eigenvalue weighted by Gasteiger charge is 2.37. The SMILES string of the molecule is CCC1(CC)CCN(C2CCCNC2)C1. The summed E-state index contributed by atoms with van der Waals surface area (Å²) in [6.07, 6.45) is 6.93. The van der Waals surface area contributed by atoms with Crippen molar-refractivity contribution in [2.45, 2.75) is 52.0 Å². The van der Waals surface area contributed by atoms with Crippen molar-refractivity contribution >= 4 is 0 Å². The Kier molecular flexibility index (Phi) is 3.68. The Morgan fingerprint density at radius 1 is 1.33 bits per heavy atom. The highest BCUT2D eigenvalue weighted by Crippen LogP contribution is 2.38. The van der Waals surface area contributed by atoms with Crippen molar-refractivity contribution in [2.24, 2.45) is 5.41 Å². The molecule has 88 valence electrons. The second kappa shape index (κ2) is 4.84. The van der Waals surface area contributed by atoms with Gasteiger partial charge in [-0.3, -0.25) is 4.90 Å². The summed E-state index contributed by atoms with van der Waals surface area (Å²) in [5.41, 5.74) is 0.650. The van der Waals surface area contributed by atoms with Crippen LogP contribution in [0.15, 0.2) is 0 Å². The molecule has 2 aliphatic heterocycles. The van der Waals surface area contributed by atoms with Crippen LogP contribution in [0.2, 0.25) is 0 Å². The first kappa shape index (κ1) is 11.4. The molecule has 2 nitrogen and oxygen atoms in total. The first-order valence-corrected chi connectivity index (χ1v) is 6.74. The van der Waals surface area contributed by atoms with Gasteiger partial charge >= 0.3 is 0 Å². The minimum absolute atomic E-state index is 0.650. The van der Waals surface area contributed by atoms with E-state index in [1.165, 1.54) is 58.3 Å². The second-order valence-corrected chi connectivity index (χ2v) is 5.43. The molecule has 0 spiro atoms. The lowest BCUT2D eigenvalue weighted by molar-refractivity contribution is 0.169. The first-order valence-electron chi connectivity index (χ1n) is 6.74. The van der Waals surface area contributed by atoms with Crippen LogP contribution >= 0.6 is 0 Å². The maximum atomic E-state index is 3.53. The van der Waals surface area contributed by atoms with Crippen molar-refractivity contribution in [1.29, 1.82) is 0 Å². The molecule has 0 bridgehead atoms. The summed E-state index contributed by atoms with van der Waals surface area (Å²) in [4.78, 5) is 2.75. The molecule has 0 aromatic rings. The zero-order valence-corrected chi connectivity index (χ0v) is 10.4. The molecule has 0 radical (unpaired) electrons. The molecule has 0 aliphatic carbocycles. The van der Waals surface area contributed by atoms with E-state index in [0.29, 0.717) is 5.41 Å². The molecule has 2 heterocycles. The van der Waals surface area contributed by atoms with Crippen LogP contribution in [0.1, 0.15) is 46.0 Å². The third-order valence-corrected chi connectivity index (χ3v) is 4.76. The molecule has 2 saturated heterocycles. The smallest absolute Gasteiger partial charge is 0.0221 e. The Balaban J connectivity index is 1.90. The van der Waals surface area contributed by atoms with Crippen LogP contribution in [0.3, 0.4) is 0 Å². The number of nitrogens with zero attached hydrogens (tertiary/aromatic N) is 1. The van der Waals surface area contributed by atoms with Crippen LogP contribution in [-0.2, 0) is 0 Å². The molecule has 0 amide bonds. The summed E-state index contributed by atoms with van der Waals surface area (Å²) in [5, 5.41) is 3.53. The van der Waals surface area contributed by atoms with Gasteiger partial charge in [-0.05, 0) is 50.6 Å². The van der Waals surface area contributed by atoms with Crippen molar-refractivity contribution in [3.63, 3.8) is 0 Å². The maximum Gasteiger partial charge on any atom is 0.0221 e. The Morgan fingerprint density at radius 3 is 2.67 bits per heavy atom. The van der Waals surface area contributed by atoms with E-state index >= 15 is 0 Å². The van der Waals surface area contributed by atoms with Gasteiger partial charge in [-0.2, -0.15) is 0 Å². The quantitative estimate of drug-likeness (QED) is 0.768. The van der Waals surface area contributed by atoms with Crippen LogP contribution in [0.5, 0.6) is 0 Å². The Labute approximate surface area is 94.4 Å². The number of hydrogen-bond donors (Lipinski definition) is 1. The molecular weight excluding hydrogens is 184 g/mol. The summed E-state index contributed by atoms with van der Waals surface area (Å²) < 4.78 is 0. The van der Waals surface area contributed by atoms with Gasteiger partial charge in [0.15, 0.2) is 0 Å². The summed E-state index contributed by atoms with van der Waals surface area (Å²) in [5.74, 6) is 0. The van der Waals surface area contributed by atoms with Crippen molar-refractivity contribution in [2.75, 3.05) is 26.2 Å². The third kappa shape index (κ3) is 2.36. The van der Waals surface area contributed by atoms with Gasteiger partial charge in [0.25, 0.3) is 0 Å². The van der Waals surface area contributed by atoms with E-state index in [2.05, 4.69) is 24.1 Å². The first-order chi connectivity index (χ1) is 7.29. The molecule has 1 N–H and O–H groups in total. The van der Waals surface area contributed by atoms with Crippen molar-refractivity contribution in [3.8, 4) is 0 Å². The normalized spacial score (nSPS) is 32.0. The van der Waals surface area contributed by atoms with E-state index < -0.39 is 0 Å². The van der Waals surface area contributed by atoms with Crippen LogP contribution in [0.25, 0.3) is 0 Å². The fraction of sp³-hybridized carbons (Fsp3) is 1.00. The van der Waals surface area contributed by atoms with Gasteiger partial charge in [0.05, 0.1) is 0 Å². The average Bonchev–Trinajstić information content (AvgIpc) is 2.75. The van der Waals surface area contributed by atoms with Crippen LogP contribution in [0, 0.1) is 5.41 Å². The molecule has 2 heteroatoms. The molecule has 1 atom stereocenters. The summed E-state index contributed by atoms with van der Waals surface area (Å²) in [6, 6.07) is 0.832. The monoisotopic (exact) mass is 210 g/mol. The predicted molar refractivity (Wildman–Crippen MR) is 65.1 cm³/mol. The second-order valence-electron chi connectivity index (χ2n) is 5.43. The minimum Gasteiger partial charge on any atom is -0.315 e. The predicted octanol–water partition coefficient (Wildman–Crippen LogP) is 2.25. The minimum atomic E-state index is 0.650. The average molecular weight is 210 g/mol. The number of piperidine rings is 1. The lowest BCUT2D eigenvalue weighted by atomic mass is 9.82. The van der Waals surface area contributed by atoms with Crippen molar-refractivity contribution < 1.29 is 0 Å². The Hall–Kier alpha value is -0.0800. The number of rotatable bonds is 3. The standard InChI is InChI=1S/C13H26N2/c1-3-13(4-2)7-9-15(11-13)12-6-5-8-14-10-12/h12,14H,3-11H2,1-2H3. The zero-order valence-electron chi connectivity index (χ0n) is 10.4. The van der Waals surface area contributed by atoms with E-state index in [1.807, 2.05) is 0 Å². The molecule has 15 heavy (non-hydrogen) atoms. The van der Waals surface area contributed by atoms with Gasteiger partial charge in [-0.25, -0.2) is 0 Å². The Bertz CT molecular complexity index is 193. The lowest BCUT2D eigenvalue weighted by Gasteiger charge is -2.33. The summed E-state index contributed by atoms with van der Waals surface area (Å²) in [6.45, 7) is 9.89. The number of hydrogen-bond acceptors (Lipinski definition) is 2. The van der Waals surface area contributed by atoms with Crippen molar-refractivity contribution in [1.82, 2.24) is 10.2 Å². The van der Waals surface area contributed by atoms with E-state index in [4.69, 9.17) is 0 Å². The van der Waals surface area contributed by atoms with Gasteiger partial charge in [0.1, 0.15) is 0 Å². The molecule has 0 aromatic carbocycles. The molecule has 2 rings (SSSR count). The fourth-order valence-corrected chi connectivity index (χ4v) is 3.25. The van der Waals surface area contributed by atoms with Crippen LogP contribution in [-0.4, -0.2) is 37.1 Å². The van der Waals surface area contributed by atoms with Crippen LogP contribution < -0.4 is 5.32 Å². The van der Waals surface area contributed by atoms with Gasteiger partial charge < -0.3 is 5.32 Å². The third-order valence-electron chi connectivity index (χ3n) is 4.76. The highest BCUT2D eigenvalue weighted by atomic mass is 15.2.